The zero-order valence-electron chi connectivity index (χ0n) is 23.7. The van der Waals surface area contributed by atoms with Crippen molar-refractivity contribution in [2.24, 2.45) is 5.41 Å². The molecule has 10 nitrogen and oxygen atoms in total. The summed E-state index contributed by atoms with van der Waals surface area (Å²) in [6.45, 7) is 3.81. The van der Waals surface area contributed by atoms with E-state index in [1.807, 2.05) is 54.6 Å². The Balaban J connectivity index is 1.20. The highest BCUT2D eigenvalue weighted by atomic mass is 19.1. The first kappa shape index (κ1) is 29.6. The Hall–Kier alpha value is -4.90. The molecule has 1 saturated heterocycles. The van der Waals surface area contributed by atoms with Crippen LogP contribution in [0, 0.1) is 11.2 Å². The van der Waals surface area contributed by atoms with Crippen LogP contribution in [0.3, 0.4) is 0 Å². The van der Waals surface area contributed by atoms with Crippen LogP contribution in [0.15, 0.2) is 77.3 Å². The molecule has 1 atom stereocenters. The van der Waals surface area contributed by atoms with Gasteiger partial charge < -0.3 is 19.1 Å². The SMILES string of the molecule is CC(=O)OC(C)OC(=O)C1(C(=O)O)CCN(Cc2ccc(-c3noc(-c4ccc(-c5ccccc5)c(F)c4)n3)cc2)CC1. The summed E-state index contributed by atoms with van der Waals surface area (Å²) in [6.07, 6.45) is -1.05. The number of likely N-dealkylation sites (tertiary alicyclic amines) is 1. The smallest absolute Gasteiger partial charge is 0.326 e. The fourth-order valence-electron chi connectivity index (χ4n) is 5.09. The van der Waals surface area contributed by atoms with Crippen molar-refractivity contribution in [3.8, 4) is 34.0 Å². The highest BCUT2D eigenvalue weighted by Gasteiger charge is 2.50. The molecular formula is C32H30FN3O7. The number of ether oxygens (including phenoxy) is 2. The van der Waals surface area contributed by atoms with Gasteiger partial charge in [-0.25, -0.2) is 4.39 Å². The maximum Gasteiger partial charge on any atom is 0.326 e. The summed E-state index contributed by atoms with van der Waals surface area (Å²) in [5, 5.41) is 13.9. The fraction of sp³-hybridized carbons (Fsp3) is 0.281. The van der Waals surface area contributed by atoms with Crippen molar-refractivity contribution in [2.75, 3.05) is 13.1 Å². The summed E-state index contributed by atoms with van der Waals surface area (Å²) in [7, 11) is 0. The van der Waals surface area contributed by atoms with E-state index < -0.39 is 29.6 Å². The van der Waals surface area contributed by atoms with Crippen molar-refractivity contribution in [3.05, 3.63) is 84.2 Å². The fourth-order valence-corrected chi connectivity index (χ4v) is 5.09. The Labute approximate surface area is 247 Å². The Morgan fingerprint density at radius 3 is 2.28 bits per heavy atom. The normalized spacial score (nSPS) is 15.4. The lowest BCUT2D eigenvalue weighted by Crippen LogP contribution is -2.50. The number of aromatic nitrogens is 2. The first-order valence-electron chi connectivity index (χ1n) is 13.8. The third kappa shape index (κ3) is 6.62. The van der Waals surface area contributed by atoms with Crippen LogP contribution in [0.4, 0.5) is 4.39 Å². The van der Waals surface area contributed by atoms with E-state index in [1.54, 1.807) is 12.1 Å². The van der Waals surface area contributed by atoms with E-state index in [1.165, 1.54) is 19.9 Å². The summed E-state index contributed by atoms with van der Waals surface area (Å²) in [6, 6.07) is 21.6. The molecule has 0 spiro atoms. The number of esters is 2. The van der Waals surface area contributed by atoms with Crippen LogP contribution >= 0.6 is 0 Å². The van der Waals surface area contributed by atoms with Crippen LogP contribution in [-0.4, -0.2) is 57.4 Å². The maximum absolute atomic E-state index is 14.8. The van der Waals surface area contributed by atoms with Crippen LogP contribution in [-0.2, 0) is 30.4 Å². The second kappa shape index (κ2) is 12.5. The van der Waals surface area contributed by atoms with Gasteiger partial charge in [0.25, 0.3) is 5.89 Å². The number of carbonyl (C=O) groups excluding carboxylic acids is 2. The van der Waals surface area contributed by atoms with Gasteiger partial charge in [0.2, 0.25) is 12.1 Å². The van der Waals surface area contributed by atoms with Crippen molar-refractivity contribution < 1.29 is 37.9 Å². The summed E-state index contributed by atoms with van der Waals surface area (Å²) in [4.78, 5) is 42.4. The Morgan fingerprint density at radius 2 is 1.65 bits per heavy atom. The van der Waals surface area contributed by atoms with E-state index in [9.17, 15) is 23.9 Å². The van der Waals surface area contributed by atoms with Gasteiger partial charge in [-0.3, -0.25) is 19.3 Å². The number of hydrogen-bond acceptors (Lipinski definition) is 9. The number of carboxylic acids is 1. The lowest BCUT2D eigenvalue weighted by molar-refractivity contribution is -0.196. The van der Waals surface area contributed by atoms with Crippen molar-refractivity contribution in [1.29, 1.82) is 0 Å². The molecule has 1 aliphatic rings. The molecule has 0 amide bonds. The molecule has 1 aliphatic heterocycles. The van der Waals surface area contributed by atoms with Crippen molar-refractivity contribution >= 4 is 17.9 Å². The third-order valence-electron chi connectivity index (χ3n) is 7.46. The van der Waals surface area contributed by atoms with Gasteiger partial charge >= 0.3 is 17.9 Å². The average Bonchev–Trinajstić information content (AvgIpc) is 3.48. The highest BCUT2D eigenvalue weighted by molar-refractivity contribution is 5.99. The molecule has 3 aromatic carbocycles. The van der Waals surface area contributed by atoms with Crippen LogP contribution in [0.25, 0.3) is 34.0 Å². The number of aliphatic carboxylic acids is 1. The van der Waals surface area contributed by atoms with Gasteiger partial charge in [0.05, 0.1) is 0 Å². The van der Waals surface area contributed by atoms with E-state index in [2.05, 4.69) is 15.0 Å². The third-order valence-corrected chi connectivity index (χ3v) is 7.46. The minimum Gasteiger partial charge on any atom is -0.480 e. The van der Waals surface area contributed by atoms with Crippen molar-refractivity contribution in [1.82, 2.24) is 15.0 Å². The van der Waals surface area contributed by atoms with E-state index in [4.69, 9.17) is 14.0 Å². The van der Waals surface area contributed by atoms with Gasteiger partial charge in [-0.15, -0.1) is 0 Å². The summed E-state index contributed by atoms with van der Waals surface area (Å²) in [5.41, 5.74) is 1.72. The number of hydrogen-bond donors (Lipinski definition) is 1. The van der Waals surface area contributed by atoms with Crippen LogP contribution in [0.1, 0.15) is 32.3 Å². The molecule has 0 aliphatic carbocycles. The largest absolute Gasteiger partial charge is 0.480 e. The highest BCUT2D eigenvalue weighted by Crippen LogP contribution is 2.35. The molecule has 1 fully saturated rings. The Kier molecular flexibility index (Phi) is 8.63. The maximum atomic E-state index is 14.8. The first-order chi connectivity index (χ1) is 20.6. The molecule has 4 aromatic rings. The van der Waals surface area contributed by atoms with E-state index in [-0.39, 0.29) is 24.5 Å². The average molecular weight is 588 g/mol. The second-order valence-corrected chi connectivity index (χ2v) is 10.4. The van der Waals surface area contributed by atoms with Gasteiger partial charge in [-0.05, 0) is 36.1 Å². The van der Waals surface area contributed by atoms with E-state index in [0.29, 0.717) is 42.1 Å². The molecule has 0 saturated carbocycles. The molecule has 1 unspecified atom stereocenters. The predicted molar refractivity (Wildman–Crippen MR) is 152 cm³/mol. The van der Waals surface area contributed by atoms with Gasteiger partial charge in [0, 0.05) is 50.2 Å². The number of piperidine rings is 1. The molecule has 1 aromatic heterocycles. The predicted octanol–water partition coefficient (Wildman–Crippen LogP) is 5.33. The lowest BCUT2D eigenvalue weighted by atomic mass is 9.78. The molecule has 11 heteroatoms. The minimum atomic E-state index is -1.70. The number of halogens is 1. The van der Waals surface area contributed by atoms with Gasteiger partial charge in [-0.2, -0.15) is 4.98 Å². The zero-order chi connectivity index (χ0) is 30.6. The molecule has 5 rings (SSSR count). The number of rotatable bonds is 9. The van der Waals surface area contributed by atoms with Crippen molar-refractivity contribution in [3.63, 3.8) is 0 Å². The monoisotopic (exact) mass is 587 g/mol. The number of benzene rings is 3. The molecule has 43 heavy (non-hydrogen) atoms. The quantitative estimate of drug-likeness (QED) is 0.156. The second-order valence-electron chi connectivity index (χ2n) is 10.4. The lowest BCUT2D eigenvalue weighted by Gasteiger charge is -2.37. The molecule has 2 heterocycles. The molecule has 1 N–H and O–H groups in total. The minimum absolute atomic E-state index is 0.0601. The summed E-state index contributed by atoms with van der Waals surface area (Å²) < 4.78 is 30.2. The standard InChI is InChI=1S/C32H30FN3O7/c1-20(37)41-21(2)42-31(40)32(30(38)39)14-16-36(17-15-32)19-22-8-10-24(11-9-22)28-34-29(43-35-28)25-12-13-26(27(33)18-25)23-6-4-3-5-7-23/h3-13,18,21H,14-17,19H2,1-2H3,(H,38,39). The number of carbonyl (C=O) groups is 3. The van der Waals surface area contributed by atoms with Crippen LogP contribution in [0.2, 0.25) is 0 Å². The van der Waals surface area contributed by atoms with Crippen LogP contribution in [0.5, 0.6) is 0 Å². The van der Waals surface area contributed by atoms with Gasteiger partial charge in [-0.1, -0.05) is 65.8 Å². The molecule has 222 valence electrons. The first-order valence-corrected chi connectivity index (χ1v) is 13.8. The van der Waals surface area contributed by atoms with Crippen LogP contribution < -0.4 is 0 Å². The Bertz CT molecular complexity index is 1610. The zero-order valence-corrected chi connectivity index (χ0v) is 23.7. The summed E-state index contributed by atoms with van der Waals surface area (Å²) >= 11 is 0. The van der Waals surface area contributed by atoms with Crippen molar-refractivity contribution in [2.45, 2.75) is 39.5 Å². The number of nitrogens with zero attached hydrogens (tertiary/aromatic N) is 3. The molecule has 0 bridgehead atoms. The van der Waals surface area contributed by atoms with E-state index >= 15 is 0 Å². The van der Waals surface area contributed by atoms with Gasteiger partial charge in [0.15, 0.2) is 5.41 Å². The molecule has 0 radical (unpaired) electrons. The van der Waals surface area contributed by atoms with Gasteiger partial charge in [0.1, 0.15) is 5.82 Å². The summed E-state index contributed by atoms with van der Waals surface area (Å²) in [5.74, 6) is -2.62. The topological polar surface area (TPSA) is 132 Å². The Morgan fingerprint density at radius 1 is 0.977 bits per heavy atom. The number of carboxylic acid groups (broad SMARTS) is 1. The molecular weight excluding hydrogens is 557 g/mol. The van der Waals surface area contributed by atoms with E-state index in [0.717, 1.165) is 11.1 Å².